The van der Waals surface area contributed by atoms with Crippen molar-refractivity contribution in [2.75, 3.05) is 40.0 Å². The number of aliphatic carboxylic acids is 1. The van der Waals surface area contributed by atoms with E-state index in [4.69, 9.17) is 19.4 Å². The minimum absolute atomic E-state index is 0.0274. The van der Waals surface area contributed by atoms with Crippen molar-refractivity contribution >= 4 is 11.9 Å². The number of methoxy groups -OCH3 is 1. The van der Waals surface area contributed by atoms with Crippen molar-refractivity contribution < 1.29 is 37.3 Å². The highest BCUT2D eigenvalue weighted by molar-refractivity contribution is 5.92. The van der Waals surface area contributed by atoms with Crippen molar-refractivity contribution in [2.45, 2.75) is 31.2 Å². The van der Waals surface area contributed by atoms with E-state index in [1.54, 1.807) is 13.3 Å². The molecule has 3 rings (SSSR count). The molecule has 1 aromatic rings. The van der Waals surface area contributed by atoms with Gasteiger partial charge in [-0.2, -0.15) is 13.2 Å². The zero-order chi connectivity index (χ0) is 22.1. The van der Waals surface area contributed by atoms with Crippen molar-refractivity contribution in [1.29, 1.82) is 0 Å². The first-order valence-electron chi connectivity index (χ1n) is 9.42. The fraction of sp³-hybridized carbons (Fsp3) is 0.667. The Morgan fingerprint density at radius 1 is 1.37 bits per heavy atom. The van der Waals surface area contributed by atoms with Crippen LogP contribution in [0, 0.1) is 5.92 Å². The smallest absolute Gasteiger partial charge is 0.475 e. The number of nitrogens with one attached hydrogen (secondary N) is 1. The number of nitrogens with zero attached hydrogens (tertiary/aromatic N) is 3. The number of amides is 1. The quantitative estimate of drug-likeness (QED) is 0.705. The molecule has 2 fully saturated rings. The van der Waals surface area contributed by atoms with Crippen LogP contribution in [0.1, 0.15) is 23.3 Å². The van der Waals surface area contributed by atoms with Crippen LogP contribution in [0.3, 0.4) is 0 Å². The predicted octanol–water partition coefficient (Wildman–Crippen LogP) is 0.966. The number of likely N-dealkylation sites (tertiary alicyclic amines) is 1. The molecule has 1 aromatic heterocycles. The first-order valence-corrected chi connectivity index (χ1v) is 9.42. The summed E-state index contributed by atoms with van der Waals surface area (Å²) in [6, 6.07) is -0.0274. The van der Waals surface area contributed by atoms with Gasteiger partial charge in [-0.05, 0) is 18.8 Å². The molecule has 0 spiro atoms. The third-order valence-corrected chi connectivity index (χ3v) is 4.80. The number of hydrogen-bond donors (Lipinski definition) is 2. The minimum Gasteiger partial charge on any atom is -0.475 e. The molecule has 1 amide bonds. The molecule has 0 unspecified atom stereocenters. The second-order valence-corrected chi connectivity index (χ2v) is 6.96. The molecule has 30 heavy (non-hydrogen) atoms. The summed E-state index contributed by atoms with van der Waals surface area (Å²) in [5.74, 6) is -2.49. The van der Waals surface area contributed by atoms with Gasteiger partial charge in [-0.3, -0.25) is 14.7 Å². The molecule has 3 atom stereocenters. The summed E-state index contributed by atoms with van der Waals surface area (Å²) >= 11 is 0. The summed E-state index contributed by atoms with van der Waals surface area (Å²) in [7, 11) is 1.71. The Bertz CT molecular complexity index is 692. The lowest BCUT2D eigenvalue weighted by molar-refractivity contribution is -0.192. The third-order valence-electron chi connectivity index (χ3n) is 4.80. The van der Waals surface area contributed by atoms with E-state index in [1.807, 2.05) is 0 Å². The van der Waals surface area contributed by atoms with Crippen molar-refractivity contribution in [2.24, 2.45) is 5.92 Å². The topological polar surface area (TPSA) is 114 Å². The monoisotopic (exact) mass is 434 g/mol. The number of carboxylic acid groups (broad SMARTS) is 1. The molecule has 0 aromatic carbocycles. The van der Waals surface area contributed by atoms with Crippen LogP contribution in [0.4, 0.5) is 13.2 Å². The SMILES string of the molecule is COCCN1C[C@@H]2CCCO[C@@H]2[C@H](NC(=O)c2cnccn2)C1.O=C(O)C(F)(F)F. The maximum Gasteiger partial charge on any atom is 0.490 e. The second-order valence-electron chi connectivity index (χ2n) is 6.96. The van der Waals surface area contributed by atoms with Gasteiger partial charge in [0, 0.05) is 45.7 Å². The highest BCUT2D eigenvalue weighted by Crippen LogP contribution is 2.28. The number of alkyl halides is 3. The van der Waals surface area contributed by atoms with E-state index in [-0.39, 0.29) is 18.1 Å². The van der Waals surface area contributed by atoms with Gasteiger partial charge in [0.15, 0.2) is 0 Å². The predicted molar refractivity (Wildman–Crippen MR) is 97.8 cm³/mol. The Hall–Kier alpha value is -2.31. The third kappa shape index (κ3) is 7.18. The average molecular weight is 434 g/mol. The Labute approximate surface area is 171 Å². The Morgan fingerprint density at radius 3 is 2.70 bits per heavy atom. The van der Waals surface area contributed by atoms with Crippen LogP contribution in [0.2, 0.25) is 0 Å². The first-order chi connectivity index (χ1) is 14.2. The lowest BCUT2D eigenvalue weighted by Crippen LogP contribution is -2.61. The van der Waals surface area contributed by atoms with Crippen LogP contribution in [0.25, 0.3) is 0 Å². The molecule has 3 heterocycles. The maximum absolute atomic E-state index is 12.4. The van der Waals surface area contributed by atoms with Gasteiger partial charge in [-0.15, -0.1) is 0 Å². The van der Waals surface area contributed by atoms with E-state index >= 15 is 0 Å². The number of fused-ring (bicyclic) bond motifs is 1. The molecule has 0 aliphatic carbocycles. The fourth-order valence-corrected chi connectivity index (χ4v) is 3.48. The molecule has 0 bridgehead atoms. The van der Waals surface area contributed by atoms with Crippen molar-refractivity contribution in [3.05, 3.63) is 24.3 Å². The van der Waals surface area contributed by atoms with Gasteiger partial charge >= 0.3 is 12.1 Å². The zero-order valence-corrected chi connectivity index (χ0v) is 16.5. The van der Waals surface area contributed by atoms with Crippen LogP contribution in [-0.2, 0) is 14.3 Å². The lowest BCUT2D eigenvalue weighted by Gasteiger charge is -2.45. The van der Waals surface area contributed by atoms with Crippen LogP contribution >= 0.6 is 0 Å². The second kappa shape index (κ2) is 11.2. The molecular formula is C18H25F3N4O5. The van der Waals surface area contributed by atoms with Crippen LogP contribution in [-0.4, -0.2) is 90.1 Å². The molecule has 168 valence electrons. The summed E-state index contributed by atoms with van der Waals surface area (Å²) in [5, 5.41) is 10.2. The summed E-state index contributed by atoms with van der Waals surface area (Å²) in [6.07, 6.45) is 1.81. The minimum atomic E-state index is -5.08. The summed E-state index contributed by atoms with van der Waals surface area (Å²) in [4.78, 5) is 31.7. The average Bonchev–Trinajstić information content (AvgIpc) is 2.72. The maximum atomic E-state index is 12.4. The number of halogens is 3. The number of aromatic nitrogens is 2. The molecule has 12 heteroatoms. The fourth-order valence-electron chi connectivity index (χ4n) is 3.48. The molecule has 0 radical (unpaired) electrons. The van der Waals surface area contributed by atoms with E-state index in [0.29, 0.717) is 18.2 Å². The van der Waals surface area contributed by atoms with Gasteiger partial charge in [0.2, 0.25) is 0 Å². The standard InChI is InChI=1S/C16H24N4O3.C2HF3O2/c1-22-8-6-20-10-12-3-2-7-23-15(12)14(11-20)19-16(21)13-9-17-4-5-18-13;3-2(4,5)1(6)7/h4-5,9,12,14-15H,2-3,6-8,10-11H2,1H3,(H,19,21);(H,6,7)/t12-,14+,15-;/m0./s1. The Balaban J connectivity index is 0.000000396. The van der Waals surface area contributed by atoms with Crippen LogP contribution in [0.5, 0.6) is 0 Å². The van der Waals surface area contributed by atoms with E-state index in [1.165, 1.54) is 12.4 Å². The zero-order valence-electron chi connectivity index (χ0n) is 16.5. The molecule has 2 saturated heterocycles. The van der Waals surface area contributed by atoms with E-state index in [9.17, 15) is 18.0 Å². The highest BCUT2D eigenvalue weighted by Gasteiger charge is 2.40. The molecule has 9 nitrogen and oxygen atoms in total. The number of ether oxygens (including phenoxy) is 2. The molecular weight excluding hydrogens is 409 g/mol. The van der Waals surface area contributed by atoms with E-state index in [2.05, 4.69) is 20.2 Å². The Kier molecular flexibility index (Phi) is 8.93. The molecule has 2 N–H and O–H groups in total. The van der Waals surface area contributed by atoms with Crippen molar-refractivity contribution in [1.82, 2.24) is 20.2 Å². The summed E-state index contributed by atoms with van der Waals surface area (Å²) in [6.45, 7) is 4.12. The normalized spacial score (nSPS) is 24.2. The summed E-state index contributed by atoms with van der Waals surface area (Å²) < 4.78 is 42.9. The lowest BCUT2D eigenvalue weighted by atomic mass is 9.85. The van der Waals surface area contributed by atoms with Crippen LogP contribution < -0.4 is 5.32 Å². The number of piperidine rings is 1. The Morgan fingerprint density at radius 2 is 2.10 bits per heavy atom. The van der Waals surface area contributed by atoms with Crippen molar-refractivity contribution in [3.8, 4) is 0 Å². The van der Waals surface area contributed by atoms with Gasteiger partial charge in [0.1, 0.15) is 5.69 Å². The largest absolute Gasteiger partial charge is 0.490 e. The highest BCUT2D eigenvalue weighted by atomic mass is 19.4. The molecule has 0 saturated carbocycles. The number of carbonyl (C=O) groups is 2. The van der Waals surface area contributed by atoms with Crippen molar-refractivity contribution in [3.63, 3.8) is 0 Å². The van der Waals surface area contributed by atoms with E-state index in [0.717, 1.165) is 39.1 Å². The number of rotatable bonds is 5. The number of carboxylic acids is 1. The summed E-state index contributed by atoms with van der Waals surface area (Å²) in [5.41, 5.74) is 0.342. The van der Waals surface area contributed by atoms with Gasteiger partial charge < -0.3 is 19.9 Å². The number of carbonyl (C=O) groups excluding carboxylic acids is 1. The van der Waals surface area contributed by atoms with Gasteiger partial charge in [0.05, 0.1) is 24.9 Å². The van der Waals surface area contributed by atoms with Gasteiger partial charge in [-0.1, -0.05) is 0 Å². The van der Waals surface area contributed by atoms with Crippen LogP contribution in [0.15, 0.2) is 18.6 Å². The number of hydrogen-bond acceptors (Lipinski definition) is 7. The van der Waals surface area contributed by atoms with Gasteiger partial charge in [-0.25, -0.2) is 9.78 Å². The molecule has 2 aliphatic heterocycles. The van der Waals surface area contributed by atoms with E-state index < -0.39 is 12.1 Å². The molecule has 2 aliphatic rings. The first kappa shape index (κ1) is 24.0. The van der Waals surface area contributed by atoms with Gasteiger partial charge in [0.25, 0.3) is 5.91 Å².